The Bertz CT molecular complexity index is 252. The Balaban J connectivity index is 2.76. The fraction of sp³-hybridized carbons (Fsp3) is 0.846. The Morgan fingerprint density at radius 3 is 2.59 bits per heavy atom. The van der Waals surface area contributed by atoms with Gasteiger partial charge in [0, 0.05) is 7.11 Å². The van der Waals surface area contributed by atoms with E-state index in [2.05, 4.69) is 13.5 Å². The van der Waals surface area contributed by atoms with Crippen LogP contribution >= 0.6 is 0 Å². The van der Waals surface area contributed by atoms with Gasteiger partial charge in [0.25, 0.3) is 0 Å². The van der Waals surface area contributed by atoms with Crippen LogP contribution in [0.2, 0.25) is 0 Å². The smallest absolute Gasteiger partial charge is 0.164 e. The molecule has 1 fully saturated rings. The van der Waals surface area contributed by atoms with Crippen LogP contribution in [0.5, 0.6) is 0 Å². The molecule has 0 aliphatic carbocycles. The Morgan fingerprint density at radius 2 is 2.12 bits per heavy atom. The second-order valence-corrected chi connectivity index (χ2v) is 5.02. The third kappa shape index (κ3) is 3.52. The first-order chi connectivity index (χ1) is 7.95. The SMILES string of the molecule is C=CCC(C)[C@H](OC)[C@H]1OC(C)(C)O[C@H]1CO. The monoisotopic (exact) mass is 244 g/mol. The molecule has 4 nitrogen and oxygen atoms in total. The Hall–Kier alpha value is -0.420. The highest BCUT2D eigenvalue weighted by Crippen LogP contribution is 2.33. The largest absolute Gasteiger partial charge is 0.394 e. The number of rotatable bonds is 6. The van der Waals surface area contributed by atoms with E-state index in [-0.39, 0.29) is 30.8 Å². The van der Waals surface area contributed by atoms with Crippen LogP contribution in [0.4, 0.5) is 0 Å². The van der Waals surface area contributed by atoms with E-state index < -0.39 is 5.79 Å². The molecule has 0 radical (unpaired) electrons. The van der Waals surface area contributed by atoms with Crippen LogP contribution in [0.15, 0.2) is 12.7 Å². The van der Waals surface area contributed by atoms with Crippen molar-refractivity contribution in [3.05, 3.63) is 12.7 Å². The average Bonchev–Trinajstić information content (AvgIpc) is 2.55. The predicted molar refractivity (Wildman–Crippen MR) is 65.7 cm³/mol. The number of hydrogen-bond acceptors (Lipinski definition) is 4. The van der Waals surface area contributed by atoms with Gasteiger partial charge in [-0.2, -0.15) is 0 Å². The predicted octanol–water partition coefficient (Wildman–Crippen LogP) is 1.73. The molecule has 4 atom stereocenters. The minimum Gasteiger partial charge on any atom is -0.394 e. The number of ether oxygens (including phenoxy) is 3. The summed E-state index contributed by atoms with van der Waals surface area (Å²) in [5, 5.41) is 9.34. The summed E-state index contributed by atoms with van der Waals surface area (Å²) in [4.78, 5) is 0. The first-order valence-corrected chi connectivity index (χ1v) is 6.05. The molecule has 0 aromatic heterocycles. The molecule has 1 aliphatic rings. The second kappa shape index (κ2) is 5.96. The maximum atomic E-state index is 9.34. The molecule has 4 heteroatoms. The van der Waals surface area contributed by atoms with Crippen molar-refractivity contribution < 1.29 is 19.3 Å². The lowest BCUT2D eigenvalue weighted by molar-refractivity contribution is -0.161. The highest BCUT2D eigenvalue weighted by molar-refractivity contribution is 4.90. The van der Waals surface area contributed by atoms with Gasteiger partial charge in [0.1, 0.15) is 12.2 Å². The van der Waals surface area contributed by atoms with Gasteiger partial charge in [-0.05, 0) is 26.2 Å². The van der Waals surface area contributed by atoms with Gasteiger partial charge in [-0.3, -0.25) is 0 Å². The summed E-state index contributed by atoms with van der Waals surface area (Å²) in [6, 6.07) is 0. The van der Waals surface area contributed by atoms with E-state index in [0.29, 0.717) is 0 Å². The third-order valence-corrected chi connectivity index (χ3v) is 3.10. The molecular weight excluding hydrogens is 220 g/mol. The van der Waals surface area contributed by atoms with Crippen LogP contribution in [0, 0.1) is 5.92 Å². The van der Waals surface area contributed by atoms with Gasteiger partial charge in [0.15, 0.2) is 5.79 Å². The molecule has 1 rings (SSSR count). The normalized spacial score (nSPS) is 31.1. The van der Waals surface area contributed by atoms with Crippen molar-refractivity contribution in [3.63, 3.8) is 0 Å². The molecule has 0 amide bonds. The van der Waals surface area contributed by atoms with Crippen LogP contribution in [-0.2, 0) is 14.2 Å². The third-order valence-electron chi connectivity index (χ3n) is 3.10. The molecular formula is C13H24O4. The topological polar surface area (TPSA) is 47.9 Å². The van der Waals surface area contributed by atoms with Gasteiger partial charge in [-0.1, -0.05) is 13.0 Å². The zero-order valence-electron chi connectivity index (χ0n) is 11.2. The average molecular weight is 244 g/mol. The summed E-state index contributed by atoms with van der Waals surface area (Å²) in [6.07, 6.45) is 2.03. The van der Waals surface area contributed by atoms with Crippen LogP contribution in [0.3, 0.4) is 0 Å². The van der Waals surface area contributed by atoms with Gasteiger partial charge in [0.05, 0.1) is 12.7 Å². The van der Waals surface area contributed by atoms with Crippen molar-refractivity contribution in [1.29, 1.82) is 0 Å². The van der Waals surface area contributed by atoms with E-state index in [1.807, 2.05) is 19.9 Å². The fourth-order valence-corrected chi connectivity index (χ4v) is 2.37. The van der Waals surface area contributed by atoms with E-state index in [1.165, 1.54) is 0 Å². The molecule has 1 heterocycles. The van der Waals surface area contributed by atoms with Crippen molar-refractivity contribution >= 4 is 0 Å². The van der Waals surface area contributed by atoms with Crippen LogP contribution < -0.4 is 0 Å². The first-order valence-electron chi connectivity index (χ1n) is 6.05. The van der Waals surface area contributed by atoms with Crippen LogP contribution in [0.25, 0.3) is 0 Å². The number of methoxy groups -OCH3 is 1. The molecule has 0 spiro atoms. The van der Waals surface area contributed by atoms with Gasteiger partial charge in [-0.25, -0.2) is 0 Å². The molecule has 1 saturated heterocycles. The maximum Gasteiger partial charge on any atom is 0.164 e. The Kier molecular flexibility index (Phi) is 5.13. The van der Waals surface area contributed by atoms with Gasteiger partial charge >= 0.3 is 0 Å². The molecule has 0 saturated carbocycles. The Morgan fingerprint density at radius 1 is 1.47 bits per heavy atom. The molecule has 100 valence electrons. The zero-order valence-corrected chi connectivity index (χ0v) is 11.2. The van der Waals surface area contributed by atoms with Crippen molar-refractivity contribution in [2.24, 2.45) is 5.92 Å². The fourth-order valence-electron chi connectivity index (χ4n) is 2.37. The molecule has 0 bridgehead atoms. The molecule has 0 aromatic rings. The van der Waals surface area contributed by atoms with Crippen LogP contribution in [0.1, 0.15) is 27.2 Å². The summed E-state index contributed by atoms with van der Waals surface area (Å²) in [7, 11) is 1.66. The summed E-state index contributed by atoms with van der Waals surface area (Å²) in [5.41, 5.74) is 0. The van der Waals surface area contributed by atoms with Crippen molar-refractivity contribution in [3.8, 4) is 0 Å². The number of hydrogen-bond donors (Lipinski definition) is 1. The first kappa shape index (κ1) is 14.6. The van der Waals surface area contributed by atoms with E-state index in [1.54, 1.807) is 7.11 Å². The molecule has 17 heavy (non-hydrogen) atoms. The number of allylic oxidation sites excluding steroid dienone is 1. The summed E-state index contributed by atoms with van der Waals surface area (Å²) >= 11 is 0. The van der Waals surface area contributed by atoms with E-state index in [4.69, 9.17) is 14.2 Å². The molecule has 1 aliphatic heterocycles. The summed E-state index contributed by atoms with van der Waals surface area (Å²) in [6.45, 7) is 9.45. The minimum absolute atomic E-state index is 0.0607. The van der Waals surface area contributed by atoms with E-state index in [0.717, 1.165) is 6.42 Å². The maximum absolute atomic E-state index is 9.34. The highest BCUT2D eigenvalue weighted by Gasteiger charge is 2.46. The lowest BCUT2D eigenvalue weighted by Crippen LogP contribution is -2.42. The second-order valence-electron chi connectivity index (χ2n) is 5.02. The highest BCUT2D eigenvalue weighted by atomic mass is 16.8. The standard InChI is InChI=1S/C13H24O4/c1-6-7-9(2)11(15-5)12-10(8-14)16-13(3,4)17-12/h6,9-12,14H,1,7-8H2,2-5H3/t9?,10-,11-,12-/m0/s1. The molecule has 1 unspecified atom stereocenters. The number of aliphatic hydroxyl groups excluding tert-OH is 1. The molecule has 0 aromatic carbocycles. The lowest BCUT2D eigenvalue weighted by atomic mass is 9.93. The Labute approximate surface area is 104 Å². The van der Waals surface area contributed by atoms with Crippen LogP contribution in [-0.4, -0.2) is 42.9 Å². The summed E-state index contributed by atoms with van der Waals surface area (Å²) in [5.74, 6) is -0.392. The van der Waals surface area contributed by atoms with E-state index in [9.17, 15) is 5.11 Å². The van der Waals surface area contributed by atoms with Gasteiger partial charge in [0.2, 0.25) is 0 Å². The number of aliphatic hydroxyl groups is 1. The van der Waals surface area contributed by atoms with Gasteiger partial charge < -0.3 is 19.3 Å². The van der Waals surface area contributed by atoms with E-state index >= 15 is 0 Å². The molecule has 1 N–H and O–H groups in total. The van der Waals surface area contributed by atoms with Crippen molar-refractivity contribution in [2.75, 3.05) is 13.7 Å². The van der Waals surface area contributed by atoms with Crippen molar-refractivity contribution in [1.82, 2.24) is 0 Å². The van der Waals surface area contributed by atoms with Crippen molar-refractivity contribution in [2.45, 2.75) is 51.3 Å². The zero-order chi connectivity index (χ0) is 13.1. The quantitative estimate of drug-likeness (QED) is 0.723. The summed E-state index contributed by atoms with van der Waals surface area (Å²) < 4.78 is 17.0. The minimum atomic E-state index is -0.664. The van der Waals surface area contributed by atoms with Gasteiger partial charge in [-0.15, -0.1) is 6.58 Å². The lowest BCUT2D eigenvalue weighted by Gasteiger charge is -2.29.